The zero-order chi connectivity index (χ0) is 14.7. The van der Waals surface area contributed by atoms with Crippen LogP contribution in [0.25, 0.3) is 0 Å². The molecule has 2 unspecified atom stereocenters. The van der Waals surface area contributed by atoms with E-state index in [4.69, 9.17) is 0 Å². The zero-order valence-electron chi connectivity index (χ0n) is 13.7. The van der Waals surface area contributed by atoms with Crippen molar-refractivity contribution < 1.29 is 0 Å². The van der Waals surface area contributed by atoms with E-state index in [-0.39, 0.29) is 0 Å². The van der Waals surface area contributed by atoms with Gasteiger partial charge in [0.2, 0.25) is 0 Å². The Balaban J connectivity index is 3.79. The van der Waals surface area contributed by atoms with Crippen molar-refractivity contribution in [1.29, 1.82) is 0 Å². The Labute approximate surface area is 119 Å². The molecule has 0 aromatic carbocycles. The molecule has 112 valence electrons. The molecule has 0 bridgehead atoms. The van der Waals surface area contributed by atoms with Crippen molar-refractivity contribution in [2.75, 3.05) is 41.3 Å². The standard InChI is InChI=1S/C15H32N4/c1-14(9-7-11-18(3)4)16-13-17-15(2)10-8-12-19(5)6/h14-15H,7-12H2,1-6H3. The number of aliphatic imine (C=N–C) groups is 2. The largest absolute Gasteiger partial charge is 0.309 e. The lowest BCUT2D eigenvalue weighted by Gasteiger charge is -2.10. The molecule has 0 amide bonds. The van der Waals surface area contributed by atoms with Crippen LogP contribution in [-0.2, 0) is 0 Å². The second kappa shape index (κ2) is 11.2. The molecule has 0 saturated carbocycles. The van der Waals surface area contributed by atoms with Crippen molar-refractivity contribution in [3.63, 3.8) is 0 Å². The van der Waals surface area contributed by atoms with Gasteiger partial charge in [-0.3, -0.25) is 0 Å². The minimum absolute atomic E-state index is 0.331. The summed E-state index contributed by atoms with van der Waals surface area (Å²) in [6.07, 6.45) is 4.57. The first-order chi connectivity index (χ1) is 8.91. The highest BCUT2D eigenvalue weighted by atomic mass is 15.1. The van der Waals surface area contributed by atoms with Crippen LogP contribution in [0.15, 0.2) is 9.98 Å². The predicted octanol–water partition coefficient (Wildman–Crippen LogP) is 2.62. The first kappa shape index (κ1) is 18.3. The SMILES string of the molecule is CC(CCCN(C)C)N=C=NC(C)CCCN(C)C. The second-order valence-electron chi connectivity index (χ2n) is 5.95. The molecule has 0 spiro atoms. The van der Waals surface area contributed by atoms with E-state index in [2.05, 4.69) is 67.8 Å². The molecule has 0 fully saturated rings. The summed E-state index contributed by atoms with van der Waals surface area (Å²) in [6, 6.07) is 3.55. The molecule has 0 radical (unpaired) electrons. The van der Waals surface area contributed by atoms with E-state index < -0.39 is 0 Å². The van der Waals surface area contributed by atoms with Gasteiger partial charge in [0.1, 0.15) is 0 Å². The molecule has 2 atom stereocenters. The van der Waals surface area contributed by atoms with Crippen molar-refractivity contribution >= 4 is 6.01 Å². The topological polar surface area (TPSA) is 31.2 Å². The minimum Gasteiger partial charge on any atom is -0.309 e. The highest BCUT2D eigenvalue weighted by Gasteiger charge is 2.00. The van der Waals surface area contributed by atoms with Crippen LogP contribution < -0.4 is 0 Å². The van der Waals surface area contributed by atoms with Gasteiger partial charge in [-0.15, -0.1) is 0 Å². The van der Waals surface area contributed by atoms with Crippen LogP contribution in [0.2, 0.25) is 0 Å². The molecule has 0 aliphatic rings. The summed E-state index contributed by atoms with van der Waals surface area (Å²) < 4.78 is 0. The summed E-state index contributed by atoms with van der Waals surface area (Å²) in [7, 11) is 8.41. The summed E-state index contributed by atoms with van der Waals surface area (Å²) in [5.74, 6) is 0. The molecular weight excluding hydrogens is 236 g/mol. The molecule has 0 rings (SSSR count). The van der Waals surface area contributed by atoms with Crippen LogP contribution >= 0.6 is 0 Å². The molecule has 4 heteroatoms. The third kappa shape index (κ3) is 13.5. The third-order valence-electron chi connectivity index (χ3n) is 3.01. The zero-order valence-corrected chi connectivity index (χ0v) is 13.7. The van der Waals surface area contributed by atoms with E-state index in [1.165, 1.54) is 12.8 Å². The van der Waals surface area contributed by atoms with E-state index in [0.717, 1.165) is 25.9 Å². The van der Waals surface area contributed by atoms with Crippen molar-refractivity contribution in [1.82, 2.24) is 9.80 Å². The first-order valence-electron chi connectivity index (χ1n) is 7.36. The Morgan fingerprint density at radius 3 is 1.47 bits per heavy atom. The van der Waals surface area contributed by atoms with Crippen molar-refractivity contribution in [3.05, 3.63) is 0 Å². The van der Waals surface area contributed by atoms with E-state index in [9.17, 15) is 0 Å². The summed E-state index contributed by atoms with van der Waals surface area (Å²) in [4.78, 5) is 13.1. The van der Waals surface area contributed by atoms with Gasteiger partial charge in [-0.05, 0) is 80.8 Å². The monoisotopic (exact) mass is 268 g/mol. The summed E-state index contributed by atoms with van der Waals surface area (Å²) >= 11 is 0. The van der Waals surface area contributed by atoms with Crippen molar-refractivity contribution in [2.24, 2.45) is 9.98 Å². The molecule has 0 N–H and O–H groups in total. The maximum Gasteiger partial charge on any atom is 0.0898 e. The fourth-order valence-corrected chi connectivity index (χ4v) is 1.77. The molecular formula is C15H32N4. The van der Waals surface area contributed by atoms with Crippen LogP contribution in [-0.4, -0.2) is 69.2 Å². The van der Waals surface area contributed by atoms with Gasteiger partial charge in [-0.1, -0.05) is 0 Å². The Morgan fingerprint density at radius 1 is 0.789 bits per heavy atom. The molecule has 0 heterocycles. The van der Waals surface area contributed by atoms with Gasteiger partial charge in [0.05, 0.1) is 18.1 Å². The number of hydrogen-bond donors (Lipinski definition) is 0. The van der Waals surface area contributed by atoms with E-state index in [0.29, 0.717) is 12.1 Å². The van der Waals surface area contributed by atoms with Crippen LogP contribution in [0.3, 0.4) is 0 Å². The minimum atomic E-state index is 0.331. The first-order valence-corrected chi connectivity index (χ1v) is 7.36. The highest BCUT2D eigenvalue weighted by Crippen LogP contribution is 2.02. The fraction of sp³-hybridized carbons (Fsp3) is 0.933. The van der Waals surface area contributed by atoms with Gasteiger partial charge in [-0.25, -0.2) is 9.98 Å². The number of nitrogens with zero attached hydrogens (tertiary/aromatic N) is 4. The number of rotatable bonds is 10. The normalized spacial score (nSPS) is 14.3. The molecule has 4 nitrogen and oxygen atoms in total. The Morgan fingerprint density at radius 2 is 1.16 bits per heavy atom. The van der Waals surface area contributed by atoms with E-state index >= 15 is 0 Å². The van der Waals surface area contributed by atoms with Gasteiger partial charge in [0.15, 0.2) is 0 Å². The van der Waals surface area contributed by atoms with Gasteiger partial charge in [-0.2, -0.15) is 0 Å². The maximum atomic E-state index is 4.36. The van der Waals surface area contributed by atoms with E-state index in [1.807, 2.05) is 0 Å². The average molecular weight is 268 g/mol. The van der Waals surface area contributed by atoms with Gasteiger partial charge in [0.25, 0.3) is 0 Å². The molecule has 0 saturated heterocycles. The Hall–Kier alpha value is -0.700. The Kier molecular flexibility index (Phi) is 10.7. The van der Waals surface area contributed by atoms with Gasteiger partial charge < -0.3 is 9.80 Å². The second-order valence-corrected chi connectivity index (χ2v) is 5.95. The predicted molar refractivity (Wildman–Crippen MR) is 84.4 cm³/mol. The molecule has 0 aliphatic carbocycles. The molecule has 0 aromatic rings. The third-order valence-corrected chi connectivity index (χ3v) is 3.01. The smallest absolute Gasteiger partial charge is 0.0898 e. The number of hydrogen-bond acceptors (Lipinski definition) is 4. The van der Waals surface area contributed by atoms with Crippen LogP contribution in [0.5, 0.6) is 0 Å². The lowest BCUT2D eigenvalue weighted by molar-refractivity contribution is 0.387. The fourth-order valence-electron chi connectivity index (χ4n) is 1.77. The summed E-state index contributed by atoms with van der Waals surface area (Å²) in [5.41, 5.74) is 0. The lowest BCUT2D eigenvalue weighted by Crippen LogP contribution is -2.14. The molecule has 19 heavy (non-hydrogen) atoms. The highest BCUT2D eigenvalue weighted by molar-refractivity contribution is 5.41. The van der Waals surface area contributed by atoms with Crippen LogP contribution in [0.4, 0.5) is 0 Å². The molecule has 0 aliphatic heterocycles. The van der Waals surface area contributed by atoms with Crippen molar-refractivity contribution in [2.45, 2.75) is 51.6 Å². The van der Waals surface area contributed by atoms with Gasteiger partial charge in [0, 0.05) is 0 Å². The van der Waals surface area contributed by atoms with Crippen molar-refractivity contribution in [3.8, 4) is 0 Å². The lowest BCUT2D eigenvalue weighted by atomic mass is 10.2. The van der Waals surface area contributed by atoms with Gasteiger partial charge >= 0.3 is 0 Å². The van der Waals surface area contributed by atoms with Crippen LogP contribution in [0, 0.1) is 0 Å². The maximum absolute atomic E-state index is 4.36. The summed E-state index contributed by atoms with van der Waals surface area (Å²) in [6.45, 7) is 6.51. The summed E-state index contributed by atoms with van der Waals surface area (Å²) in [5, 5.41) is 0. The van der Waals surface area contributed by atoms with E-state index in [1.54, 1.807) is 0 Å². The Bertz CT molecular complexity index is 243. The quantitative estimate of drug-likeness (QED) is 0.570. The molecule has 0 aromatic heterocycles. The average Bonchev–Trinajstić information content (AvgIpc) is 2.27. The van der Waals surface area contributed by atoms with Crippen LogP contribution in [0.1, 0.15) is 39.5 Å².